The van der Waals surface area contributed by atoms with Gasteiger partial charge in [-0.3, -0.25) is 0 Å². The minimum absolute atomic E-state index is 0.162. The van der Waals surface area contributed by atoms with Crippen LogP contribution in [0.4, 0.5) is 0 Å². The fourth-order valence-electron chi connectivity index (χ4n) is 2.45. The summed E-state index contributed by atoms with van der Waals surface area (Å²) in [5, 5.41) is 10.0. The molecule has 0 spiro atoms. The molecule has 19 heavy (non-hydrogen) atoms. The van der Waals surface area contributed by atoms with Crippen LogP contribution in [0.5, 0.6) is 5.75 Å². The lowest BCUT2D eigenvalue weighted by atomic mass is 10.0. The molecule has 3 heteroatoms. The standard InChI is InChI=1S/C16H25NO2/c1-12(17(2)11-15(18)13-8-9-13)10-14-6-4-5-7-16(14)19-3/h4-7,12-13,15,18H,8-11H2,1-3H3. The third-order valence-corrected chi connectivity index (χ3v) is 4.10. The molecule has 0 radical (unpaired) electrons. The molecule has 1 saturated carbocycles. The summed E-state index contributed by atoms with van der Waals surface area (Å²) in [6, 6.07) is 8.54. The van der Waals surface area contributed by atoms with Gasteiger partial charge in [-0.25, -0.2) is 0 Å². The van der Waals surface area contributed by atoms with Gasteiger partial charge < -0.3 is 14.7 Å². The Kier molecular flexibility index (Phi) is 4.83. The quantitative estimate of drug-likeness (QED) is 0.819. The molecule has 0 saturated heterocycles. The van der Waals surface area contributed by atoms with Gasteiger partial charge in [0.05, 0.1) is 13.2 Å². The van der Waals surface area contributed by atoms with Crippen LogP contribution < -0.4 is 4.74 Å². The second-order valence-corrected chi connectivity index (χ2v) is 5.71. The highest BCUT2D eigenvalue weighted by molar-refractivity contribution is 5.33. The lowest BCUT2D eigenvalue weighted by Crippen LogP contribution is -2.37. The molecule has 0 amide bonds. The molecule has 1 N–H and O–H groups in total. The first-order valence-corrected chi connectivity index (χ1v) is 7.12. The largest absolute Gasteiger partial charge is 0.496 e. The van der Waals surface area contributed by atoms with Gasteiger partial charge in [0, 0.05) is 12.6 Å². The Hall–Kier alpha value is -1.06. The normalized spacial score (nSPS) is 18.4. The number of methoxy groups -OCH3 is 1. The fourth-order valence-corrected chi connectivity index (χ4v) is 2.45. The minimum Gasteiger partial charge on any atom is -0.496 e. The predicted molar refractivity (Wildman–Crippen MR) is 77.5 cm³/mol. The highest BCUT2D eigenvalue weighted by atomic mass is 16.5. The Labute approximate surface area is 116 Å². The third-order valence-electron chi connectivity index (χ3n) is 4.10. The smallest absolute Gasteiger partial charge is 0.122 e. The summed E-state index contributed by atoms with van der Waals surface area (Å²) in [4.78, 5) is 2.25. The second-order valence-electron chi connectivity index (χ2n) is 5.71. The van der Waals surface area contributed by atoms with Gasteiger partial charge in [-0.1, -0.05) is 18.2 Å². The number of ether oxygens (including phenoxy) is 1. The maximum Gasteiger partial charge on any atom is 0.122 e. The van der Waals surface area contributed by atoms with Crippen LogP contribution in [-0.2, 0) is 6.42 Å². The van der Waals surface area contributed by atoms with Crippen LogP contribution in [0, 0.1) is 5.92 Å². The summed E-state index contributed by atoms with van der Waals surface area (Å²) in [6.45, 7) is 2.97. The van der Waals surface area contributed by atoms with Gasteiger partial charge in [0.2, 0.25) is 0 Å². The number of aliphatic hydroxyl groups is 1. The molecule has 3 nitrogen and oxygen atoms in total. The number of likely N-dealkylation sites (N-methyl/N-ethyl adjacent to an activating group) is 1. The number of benzene rings is 1. The van der Waals surface area contributed by atoms with Crippen LogP contribution in [0.15, 0.2) is 24.3 Å². The van der Waals surface area contributed by atoms with Crippen molar-refractivity contribution in [2.75, 3.05) is 20.7 Å². The van der Waals surface area contributed by atoms with E-state index in [9.17, 15) is 5.11 Å². The van der Waals surface area contributed by atoms with Gasteiger partial charge in [-0.15, -0.1) is 0 Å². The van der Waals surface area contributed by atoms with E-state index in [1.54, 1.807) is 7.11 Å². The van der Waals surface area contributed by atoms with Crippen LogP contribution in [0.2, 0.25) is 0 Å². The highest BCUT2D eigenvalue weighted by Crippen LogP contribution is 2.33. The molecule has 1 aliphatic carbocycles. The van der Waals surface area contributed by atoms with E-state index in [1.807, 2.05) is 18.2 Å². The van der Waals surface area contributed by atoms with Gasteiger partial charge in [0.15, 0.2) is 0 Å². The lowest BCUT2D eigenvalue weighted by molar-refractivity contribution is 0.0910. The number of aliphatic hydroxyl groups excluding tert-OH is 1. The third kappa shape index (κ3) is 3.95. The number of nitrogens with zero attached hydrogens (tertiary/aromatic N) is 1. The zero-order valence-electron chi connectivity index (χ0n) is 12.2. The van der Waals surface area contributed by atoms with E-state index in [-0.39, 0.29) is 6.10 Å². The van der Waals surface area contributed by atoms with Crippen molar-refractivity contribution in [1.29, 1.82) is 0 Å². The molecule has 1 fully saturated rings. The predicted octanol–water partition coefficient (Wildman–Crippen LogP) is 2.33. The van der Waals surface area contributed by atoms with Crippen LogP contribution in [-0.4, -0.2) is 42.9 Å². The summed E-state index contributed by atoms with van der Waals surface area (Å²) < 4.78 is 5.39. The SMILES string of the molecule is COc1ccccc1CC(C)N(C)CC(O)C1CC1. The van der Waals surface area contributed by atoms with Crippen molar-refractivity contribution >= 4 is 0 Å². The number of para-hydroxylation sites is 1. The van der Waals surface area contributed by atoms with Gasteiger partial charge in [-0.05, 0) is 50.8 Å². The number of hydrogen-bond donors (Lipinski definition) is 1. The van der Waals surface area contributed by atoms with Crippen molar-refractivity contribution in [3.05, 3.63) is 29.8 Å². The minimum atomic E-state index is -0.162. The first kappa shape index (κ1) is 14.4. The zero-order valence-corrected chi connectivity index (χ0v) is 12.2. The Morgan fingerprint density at radius 3 is 2.68 bits per heavy atom. The molecule has 106 valence electrons. The Bertz CT molecular complexity index is 403. The molecular weight excluding hydrogens is 238 g/mol. The number of hydrogen-bond acceptors (Lipinski definition) is 3. The molecule has 2 atom stereocenters. The molecule has 2 rings (SSSR count). The van der Waals surface area contributed by atoms with E-state index in [0.717, 1.165) is 18.7 Å². The highest BCUT2D eigenvalue weighted by Gasteiger charge is 2.30. The van der Waals surface area contributed by atoms with Crippen LogP contribution >= 0.6 is 0 Å². The van der Waals surface area contributed by atoms with E-state index in [0.29, 0.717) is 12.0 Å². The summed E-state index contributed by atoms with van der Waals surface area (Å²) in [7, 11) is 3.80. The van der Waals surface area contributed by atoms with Gasteiger partial charge in [0.1, 0.15) is 5.75 Å². The molecular formula is C16H25NO2. The van der Waals surface area contributed by atoms with Crippen LogP contribution in [0.1, 0.15) is 25.3 Å². The summed E-state index contributed by atoms with van der Waals surface area (Å²) in [5.41, 5.74) is 1.23. The maximum atomic E-state index is 10.0. The first-order valence-electron chi connectivity index (χ1n) is 7.12. The van der Waals surface area contributed by atoms with Gasteiger partial charge in [-0.2, -0.15) is 0 Å². The van der Waals surface area contributed by atoms with E-state index in [2.05, 4.69) is 24.9 Å². The topological polar surface area (TPSA) is 32.7 Å². The molecule has 1 aliphatic rings. The first-order chi connectivity index (χ1) is 9.11. The average molecular weight is 263 g/mol. The van der Waals surface area contributed by atoms with Crippen LogP contribution in [0.25, 0.3) is 0 Å². The second kappa shape index (κ2) is 6.40. The van der Waals surface area contributed by atoms with Crippen molar-refractivity contribution in [3.8, 4) is 5.75 Å². The van der Waals surface area contributed by atoms with Crippen molar-refractivity contribution in [3.63, 3.8) is 0 Å². The van der Waals surface area contributed by atoms with Crippen LogP contribution in [0.3, 0.4) is 0 Å². The molecule has 2 unspecified atom stereocenters. The van der Waals surface area contributed by atoms with Gasteiger partial charge >= 0.3 is 0 Å². The monoisotopic (exact) mass is 263 g/mol. The van der Waals surface area contributed by atoms with Crippen molar-refractivity contribution in [1.82, 2.24) is 4.90 Å². The average Bonchev–Trinajstić information content (AvgIpc) is 3.23. The molecule has 0 heterocycles. The molecule has 0 bridgehead atoms. The van der Waals surface area contributed by atoms with Gasteiger partial charge in [0.25, 0.3) is 0 Å². The molecule has 1 aromatic rings. The zero-order chi connectivity index (χ0) is 13.8. The molecule has 0 aromatic heterocycles. The van der Waals surface area contributed by atoms with Crippen molar-refractivity contribution in [2.45, 2.75) is 38.3 Å². The van der Waals surface area contributed by atoms with E-state index < -0.39 is 0 Å². The van der Waals surface area contributed by atoms with Crippen molar-refractivity contribution in [2.24, 2.45) is 5.92 Å². The Balaban J connectivity index is 1.89. The Morgan fingerprint density at radius 1 is 1.37 bits per heavy atom. The summed E-state index contributed by atoms with van der Waals surface area (Å²) in [5.74, 6) is 1.49. The number of rotatable bonds is 7. The Morgan fingerprint density at radius 2 is 2.05 bits per heavy atom. The van der Waals surface area contributed by atoms with E-state index in [1.165, 1.54) is 18.4 Å². The summed E-state index contributed by atoms with van der Waals surface area (Å²) in [6.07, 6.45) is 3.16. The van der Waals surface area contributed by atoms with E-state index >= 15 is 0 Å². The molecule has 0 aliphatic heterocycles. The lowest BCUT2D eigenvalue weighted by Gasteiger charge is -2.27. The van der Waals surface area contributed by atoms with E-state index in [4.69, 9.17) is 4.74 Å². The van der Waals surface area contributed by atoms with Crippen molar-refractivity contribution < 1.29 is 9.84 Å². The maximum absolute atomic E-state index is 10.0. The molecule has 1 aromatic carbocycles. The summed E-state index contributed by atoms with van der Waals surface area (Å²) >= 11 is 0. The fraction of sp³-hybridized carbons (Fsp3) is 0.625.